The second-order valence-electron chi connectivity index (χ2n) is 7.33. The highest BCUT2D eigenvalue weighted by atomic mass is 32.1. The van der Waals surface area contributed by atoms with Gasteiger partial charge in [-0.15, -0.1) is 11.3 Å². The van der Waals surface area contributed by atoms with Gasteiger partial charge in [0.25, 0.3) is 5.78 Å². The number of rotatable bonds is 8. The lowest BCUT2D eigenvalue weighted by Crippen LogP contribution is -2.29. The van der Waals surface area contributed by atoms with E-state index >= 15 is 0 Å². The summed E-state index contributed by atoms with van der Waals surface area (Å²) in [6.07, 6.45) is 6.47. The van der Waals surface area contributed by atoms with Gasteiger partial charge in [-0.05, 0) is 36.2 Å². The molecule has 1 aliphatic rings. The Morgan fingerprint density at radius 1 is 1.15 bits per heavy atom. The molecule has 1 unspecified atom stereocenters. The van der Waals surface area contributed by atoms with Gasteiger partial charge in [-0.25, -0.2) is 4.98 Å². The summed E-state index contributed by atoms with van der Waals surface area (Å²) in [6, 6.07) is 7.50. The number of methoxy groups -OCH3 is 1. The molecule has 9 heteroatoms. The minimum atomic E-state index is -0.886. The zero-order chi connectivity index (χ0) is 23.4. The van der Waals surface area contributed by atoms with Crippen LogP contribution in [0, 0.1) is 0 Å². The highest BCUT2D eigenvalue weighted by Gasteiger charge is 2.48. The van der Waals surface area contributed by atoms with Gasteiger partial charge in [-0.3, -0.25) is 19.5 Å². The van der Waals surface area contributed by atoms with Crippen molar-refractivity contribution in [2.45, 2.75) is 25.8 Å². The van der Waals surface area contributed by atoms with E-state index in [1.165, 1.54) is 35.7 Å². The molecule has 0 radical (unpaired) electrons. The van der Waals surface area contributed by atoms with Crippen LogP contribution < -0.4 is 14.4 Å². The number of benzene rings is 1. The van der Waals surface area contributed by atoms with Crippen LogP contribution in [-0.4, -0.2) is 40.5 Å². The van der Waals surface area contributed by atoms with Gasteiger partial charge in [0.05, 0.1) is 25.3 Å². The molecule has 33 heavy (non-hydrogen) atoms. The summed E-state index contributed by atoms with van der Waals surface area (Å²) >= 11 is 1.23. The Balaban J connectivity index is 1.85. The van der Waals surface area contributed by atoms with E-state index in [4.69, 9.17) is 9.47 Å². The van der Waals surface area contributed by atoms with Gasteiger partial charge in [0, 0.05) is 29.5 Å². The number of thiazole rings is 1. The number of aliphatic hydroxyl groups excluding tert-OH is 1. The van der Waals surface area contributed by atoms with E-state index in [2.05, 4.69) is 16.9 Å². The maximum absolute atomic E-state index is 13.1. The maximum Gasteiger partial charge on any atom is 0.301 e. The predicted molar refractivity (Wildman–Crippen MR) is 125 cm³/mol. The molecule has 0 aliphatic carbocycles. The molecule has 170 valence electrons. The Morgan fingerprint density at radius 2 is 1.94 bits per heavy atom. The lowest BCUT2D eigenvalue weighted by Gasteiger charge is -2.24. The predicted octanol–water partition coefficient (Wildman–Crippen LogP) is 4.35. The van der Waals surface area contributed by atoms with Gasteiger partial charge in [0.1, 0.15) is 5.76 Å². The average Bonchev–Trinajstić information content (AvgIpc) is 3.46. The van der Waals surface area contributed by atoms with Gasteiger partial charge in [0.15, 0.2) is 16.6 Å². The van der Waals surface area contributed by atoms with Crippen molar-refractivity contribution < 1.29 is 24.2 Å². The fourth-order valence-corrected chi connectivity index (χ4v) is 4.31. The van der Waals surface area contributed by atoms with Crippen molar-refractivity contribution in [2.24, 2.45) is 0 Å². The van der Waals surface area contributed by atoms with E-state index in [0.29, 0.717) is 34.4 Å². The van der Waals surface area contributed by atoms with Crippen molar-refractivity contribution in [3.8, 4) is 11.5 Å². The molecule has 2 aromatic heterocycles. The first-order chi connectivity index (χ1) is 16.1. The Kier molecular flexibility index (Phi) is 6.69. The molecule has 0 spiro atoms. The number of amides is 1. The molecule has 1 N–H and O–H groups in total. The Hall–Kier alpha value is -3.72. The molecule has 1 atom stereocenters. The number of hydrogen-bond donors (Lipinski definition) is 1. The first kappa shape index (κ1) is 22.5. The van der Waals surface area contributed by atoms with Crippen molar-refractivity contribution in [2.75, 3.05) is 18.6 Å². The number of carbonyl (C=O) groups excluding carboxylic acids is 2. The minimum absolute atomic E-state index is 0.0249. The van der Waals surface area contributed by atoms with Gasteiger partial charge < -0.3 is 14.6 Å². The van der Waals surface area contributed by atoms with Crippen LogP contribution in [0.5, 0.6) is 11.5 Å². The van der Waals surface area contributed by atoms with Gasteiger partial charge in [0.2, 0.25) is 0 Å². The lowest BCUT2D eigenvalue weighted by atomic mass is 9.95. The Labute approximate surface area is 195 Å². The number of ketones is 1. The molecule has 3 aromatic rings. The third-order valence-electron chi connectivity index (χ3n) is 5.28. The Bertz CT molecular complexity index is 1180. The second-order valence-corrected chi connectivity index (χ2v) is 8.20. The van der Waals surface area contributed by atoms with Crippen LogP contribution in [0.2, 0.25) is 0 Å². The standard InChI is InChI=1S/C24H23N3O5S/c1-3-4-12-32-17-6-5-16(14-18(17)31-2)20-19(21(28)15-7-9-25-10-8-15)22(29)23(30)27(20)24-26-11-13-33-24/h5-11,13-14,20,28H,3-4,12H2,1-2H3. The fourth-order valence-electron chi connectivity index (χ4n) is 3.65. The first-order valence-corrected chi connectivity index (χ1v) is 11.4. The third-order valence-corrected chi connectivity index (χ3v) is 6.05. The maximum atomic E-state index is 13.1. The Morgan fingerprint density at radius 3 is 2.61 bits per heavy atom. The van der Waals surface area contributed by atoms with E-state index < -0.39 is 17.7 Å². The summed E-state index contributed by atoms with van der Waals surface area (Å²) in [5.41, 5.74) is 0.946. The van der Waals surface area contributed by atoms with Crippen molar-refractivity contribution in [1.29, 1.82) is 0 Å². The summed E-state index contributed by atoms with van der Waals surface area (Å²) in [7, 11) is 1.53. The normalized spacial score (nSPS) is 17.4. The smallest absolute Gasteiger partial charge is 0.301 e. The summed E-state index contributed by atoms with van der Waals surface area (Å²) in [4.78, 5) is 35.7. The molecule has 4 rings (SSSR count). The van der Waals surface area contributed by atoms with E-state index in [0.717, 1.165) is 12.8 Å². The zero-order valence-electron chi connectivity index (χ0n) is 18.2. The van der Waals surface area contributed by atoms with E-state index in [9.17, 15) is 14.7 Å². The topological polar surface area (TPSA) is 102 Å². The van der Waals surface area contributed by atoms with Crippen molar-refractivity contribution in [3.05, 3.63) is 71.0 Å². The van der Waals surface area contributed by atoms with Crippen LogP contribution in [0.4, 0.5) is 5.13 Å². The van der Waals surface area contributed by atoms with Crippen molar-refractivity contribution in [3.63, 3.8) is 0 Å². The molecule has 1 amide bonds. The number of Topliss-reactive ketones (excluding diaryl/α,β-unsaturated/α-hetero) is 1. The van der Waals surface area contributed by atoms with Crippen LogP contribution in [0.15, 0.2) is 59.9 Å². The summed E-state index contributed by atoms with van der Waals surface area (Å²) in [5.74, 6) is -0.783. The summed E-state index contributed by atoms with van der Waals surface area (Å²) in [6.45, 7) is 2.62. The summed E-state index contributed by atoms with van der Waals surface area (Å²) in [5, 5.41) is 13.1. The van der Waals surface area contributed by atoms with Gasteiger partial charge >= 0.3 is 5.91 Å². The van der Waals surface area contributed by atoms with Gasteiger partial charge in [-0.2, -0.15) is 0 Å². The highest BCUT2D eigenvalue weighted by Crippen LogP contribution is 2.44. The molecule has 1 aliphatic heterocycles. The molecular weight excluding hydrogens is 442 g/mol. The van der Waals surface area contributed by atoms with Crippen LogP contribution in [0.3, 0.4) is 0 Å². The van der Waals surface area contributed by atoms with Gasteiger partial charge in [-0.1, -0.05) is 19.4 Å². The average molecular weight is 466 g/mol. The SMILES string of the molecule is CCCCOc1ccc(C2C(=C(O)c3ccncc3)C(=O)C(=O)N2c2nccs2)cc1OC. The zero-order valence-corrected chi connectivity index (χ0v) is 19.0. The molecule has 0 bridgehead atoms. The van der Waals surface area contributed by atoms with E-state index in [1.807, 2.05) is 0 Å². The molecule has 3 heterocycles. The molecule has 1 aromatic carbocycles. The quantitative estimate of drug-likeness (QED) is 0.228. The lowest BCUT2D eigenvalue weighted by molar-refractivity contribution is -0.132. The first-order valence-electron chi connectivity index (χ1n) is 10.5. The molecule has 1 fully saturated rings. The van der Waals surface area contributed by atoms with E-state index in [1.54, 1.807) is 41.9 Å². The number of pyridine rings is 1. The largest absolute Gasteiger partial charge is 0.507 e. The van der Waals surface area contributed by atoms with Crippen molar-refractivity contribution >= 4 is 33.9 Å². The van der Waals surface area contributed by atoms with Crippen LogP contribution in [-0.2, 0) is 9.59 Å². The van der Waals surface area contributed by atoms with Crippen molar-refractivity contribution in [1.82, 2.24) is 9.97 Å². The van der Waals surface area contributed by atoms with Crippen LogP contribution in [0.25, 0.3) is 5.76 Å². The number of aromatic nitrogens is 2. The van der Waals surface area contributed by atoms with Crippen LogP contribution >= 0.6 is 11.3 Å². The number of hydrogen-bond acceptors (Lipinski definition) is 8. The van der Waals surface area contributed by atoms with Crippen LogP contribution in [0.1, 0.15) is 36.9 Å². The minimum Gasteiger partial charge on any atom is -0.507 e. The summed E-state index contributed by atoms with van der Waals surface area (Å²) < 4.78 is 11.3. The number of carbonyl (C=O) groups is 2. The number of aliphatic hydroxyl groups is 1. The molecule has 0 saturated carbocycles. The third kappa shape index (κ3) is 4.31. The monoisotopic (exact) mass is 465 g/mol. The molecular formula is C24H23N3O5S. The molecule has 8 nitrogen and oxygen atoms in total. The molecule has 1 saturated heterocycles. The number of nitrogens with zero attached hydrogens (tertiary/aromatic N) is 3. The second kappa shape index (κ2) is 9.83. The van der Waals surface area contributed by atoms with E-state index in [-0.39, 0.29) is 11.3 Å². The number of unbranched alkanes of at least 4 members (excludes halogenated alkanes) is 1. The number of ether oxygens (including phenoxy) is 2. The fraction of sp³-hybridized carbons (Fsp3) is 0.250. The highest BCUT2D eigenvalue weighted by molar-refractivity contribution is 7.14. The number of anilines is 1.